The van der Waals surface area contributed by atoms with Crippen LogP contribution in [0, 0.1) is 5.92 Å². The number of anilines is 1. The summed E-state index contributed by atoms with van der Waals surface area (Å²) in [6.07, 6.45) is 2.44. The van der Waals surface area contributed by atoms with Crippen LogP contribution in [0.5, 0.6) is 0 Å². The minimum absolute atomic E-state index is 0.0758. The molecule has 2 fully saturated rings. The first-order valence-electron chi connectivity index (χ1n) is 10.3. The Labute approximate surface area is 175 Å². The molecule has 0 saturated carbocycles. The smallest absolute Gasteiger partial charge is 0.225 e. The first-order chi connectivity index (χ1) is 14.1. The molecule has 0 spiro atoms. The fraction of sp³-hybridized carbons (Fsp3) is 0.524. The fourth-order valence-corrected chi connectivity index (χ4v) is 4.78. The molecule has 0 aliphatic carbocycles. The number of hydrogen-bond acceptors (Lipinski definition) is 6. The van der Waals surface area contributed by atoms with Gasteiger partial charge in [0.1, 0.15) is 5.82 Å². The Balaban J connectivity index is 1.27. The number of piperazine rings is 1. The number of piperidine rings is 1. The summed E-state index contributed by atoms with van der Waals surface area (Å²) in [4.78, 5) is 35.0. The van der Waals surface area contributed by atoms with E-state index in [1.165, 1.54) is 17.1 Å². The van der Waals surface area contributed by atoms with Crippen LogP contribution in [0.3, 0.4) is 0 Å². The van der Waals surface area contributed by atoms with Gasteiger partial charge in [-0.05, 0) is 18.4 Å². The van der Waals surface area contributed by atoms with Gasteiger partial charge in [0.05, 0.1) is 0 Å². The van der Waals surface area contributed by atoms with Crippen molar-refractivity contribution in [1.82, 2.24) is 19.2 Å². The molecular weight excluding hydrogens is 386 g/mol. The average Bonchev–Trinajstić information content (AvgIpc) is 3.22. The molecule has 2 aliphatic heterocycles. The molecule has 2 aliphatic rings. The first kappa shape index (κ1) is 19.8. The molecule has 3 heterocycles. The van der Waals surface area contributed by atoms with Gasteiger partial charge in [-0.2, -0.15) is 4.37 Å². The van der Waals surface area contributed by atoms with Crippen LogP contribution in [-0.2, 0) is 16.0 Å². The minimum atomic E-state index is 0.0758. The molecule has 0 radical (unpaired) electrons. The molecule has 0 atom stereocenters. The lowest BCUT2D eigenvalue weighted by molar-refractivity contribution is -0.141. The summed E-state index contributed by atoms with van der Waals surface area (Å²) in [6.45, 7) is 5.86. The molecule has 0 unspecified atom stereocenters. The van der Waals surface area contributed by atoms with Gasteiger partial charge in [0.25, 0.3) is 0 Å². The van der Waals surface area contributed by atoms with E-state index in [-0.39, 0.29) is 17.7 Å². The normalized spacial score (nSPS) is 18.2. The maximum atomic E-state index is 12.9. The van der Waals surface area contributed by atoms with Gasteiger partial charge in [-0.25, -0.2) is 4.98 Å². The predicted octanol–water partition coefficient (Wildman–Crippen LogP) is 2.04. The summed E-state index contributed by atoms with van der Waals surface area (Å²) in [5, 5.41) is 0.955. The van der Waals surface area contributed by atoms with E-state index in [2.05, 4.69) is 21.4 Å². The van der Waals surface area contributed by atoms with Crippen LogP contribution in [-0.4, -0.2) is 70.2 Å². The Hall–Kier alpha value is -2.48. The molecular formula is C21H27N5O2S. The Morgan fingerprint density at radius 3 is 2.31 bits per heavy atom. The molecule has 154 valence electrons. The van der Waals surface area contributed by atoms with Crippen LogP contribution in [0.1, 0.15) is 31.2 Å². The minimum Gasteiger partial charge on any atom is -0.347 e. The second-order valence-electron chi connectivity index (χ2n) is 7.75. The van der Waals surface area contributed by atoms with Gasteiger partial charge in [-0.1, -0.05) is 30.3 Å². The van der Waals surface area contributed by atoms with Crippen molar-refractivity contribution >= 4 is 28.5 Å². The van der Waals surface area contributed by atoms with E-state index in [1.54, 1.807) is 6.92 Å². The summed E-state index contributed by atoms with van der Waals surface area (Å²) in [5.41, 5.74) is 1.21. The highest BCUT2D eigenvalue weighted by Crippen LogP contribution is 2.26. The van der Waals surface area contributed by atoms with Crippen LogP contribution in [0.2, 0.25) is 0 Å². The summed E-state index contributed by atoms with van der Waals surface area (Å²) >= 11 is 1.45. The van der Waals surface area contributed by atoms with E-state index < -0.39 is 0 Å². The molecule has 8 heteroatoms. The van der Waals surface area contributed by atoms with Gasteiger partial charge in [-0.15, -0.1) is 0 Å². The molecule has 2 saturated heterocycles. The zero-order valence-corrected chi connectivity index (χ0v) is 17.6. The number of carbonyl (C=O) groups is 2. The largest absolute Gasteiger partial charge is 0.347 e. The summed E-state index contributed by atoms with van der Waals surface area (Å²) in [6, 6.07) is 10.3. The molecule has 4 rings (SSSR count). The van der Waals surface area contributed by atoms with Crippen LogP contribution in [0.25, 0.3) is 0 Å². The van der Waals surface area contributed by atoms with E-state index in [4.69, 9.17) is 4.98 Å². The van der Waals surface area contributed by atoms with Crippen molar-refractivity contribution in [1.29, 1.82) is 0 Å². The number of nitrogens with zero attached hydrogens (tertiary/aromatic N) is 5. The van der Waals surface area contributed by atoms with Gasteiger partial charge >= 0.3 is 0 Å². The predicted molar refractivity (Wildman–Crippen MR) is 113 cm³/mol. The van der Waals surface area contributed by atoms with Crippen molar-refractivity contribution in [2.24, 2.45) is 5.92 Å². The summed E-state index contributed by atoms with van der Waals surface area (Å²) in [5.74, 6) is 1.27. The highest BCUT2D eigenvalue weighted by atomic mass is 32.1. The molecule has 0 bridgehead atoms. The van der Waals surface area contributed by atoms with Crippen LogP contribution in [0.4, 0.5) is 5.13 Å². The topological polar surface area (TPSA) is 69.6 Å². The van der Waals surface area contributed by atoms with Crippen LogP contribution < -0.4 is 4.90 Å². The summed E-state index contributed by atoms with van der Waals surface area (Å²) < 4.78 is 4.52. The third-order valence-corrected chi connectivity index (χ3v) is 6.63. The second kappa shape index (κ2) is 8.90. The molecule has 1 aromatic heterocycles. The third kappa shape index (κ3) is 4.75. The summed E-state index contributed by atoms with van der Waals surface area (Å²) in [7, 11) is 0. The lowest BCUT2D eigenvalue weighted by Gasteiger charge is -2.38. The van der Waals surface area contributed by atoms with Gasteiger partial charge in [0, 0.05) is 70.1 Å². The fourth-order valence-electron chi connectivity index (χ4n) is 4.04. The van der Waals surface area contributed by atoms with Crippen LogP contribution in [0.15, 0.2) is 30.3 Å². The van der Waals surface area contributed by atoms with Crippen molar-refractivity contribution in [3.8, 4) is 0 Å². The Bertz CT molecular complexity index is 840. The quantitative estimate of drug-likeness (QED) is 0.767. The lowest BCUT2D eigenvalue weighted by atomic mass is 9.95. The standard InChI is InChI=1S/C21H27N5O2S/c1-16(27)24-11-13-25(14-12-24)20(28)18-7-9-26(10-8-18)21-22-19(23-29-21)15-17-5-3-2-4-6-17/h2-6,18H,7-15H2,1H3. The molecule has 1 aromatic carbocycles. The van der Waals surface area contributed by atoms with E-state index in [0.29, 0.717) is 26.2 Å². The van der Waals surface area contributed by atoms with Crippen molar-refractivity contribution in [3.63, 3.8) is 0 Å². The second-order valence-corrected chi connectivity index (χ2v) is 8.48. The highest BCUT2D eigenvalue weighted by molar-refractivity contribution is 7.09. The first-order valence-corrected chi connectivity index (χ1v) is 11.0. The van der Waals surface area contributed by atoms with E-state index >= 15 is 0 Å². The number of amides is 2. The Kier molecular flexibility index (Phi) is 6.08. The van der Waals surface area contributed by atoms with Crippen molar-refractivity contribution in [3.05, 3.63) is 41.7 Å². The Morgan fingerprint density at radius 1 is 1.00 bits per heavy atom. The number of carbonyl (C=O) groups excluding carboxylic acids is 2. The molecule has 2 amide bonds. The van der Waals surface area contributed by atoms with Crippen molar-refractivity contribution in [2.45, 2.75) is 26.2 Å². The van der Waals surface area contributed by atoms with Gasteiger partial charge in [0.15, 0.2) is 0 Å². The van der Waals surface area contributed by atoms with E-state index in [0.717, 1.165) is 43.3 Å². The molecule has 7 nitrogen and oxygen atoms in total. The molecule has 2 aromatic rings. The molecule has 29 heavy (non-hydrogen) atoms. The zero-order chi connectivity index (χ0) is 20.2. The van der Waals surface area contributed by atoms with E-state index in [9.17, 15) is 9.59 Å². The van der Waals surface area contributed by atoms with E-state index in [1.807, 2.05) is 28.0 Å². The zero-order valence-electron chi connectivity index (χ0n) is 16.8. The Morgan fingerprint density at radius 2 is 1.66 bits per heavy atom. The monoisotopic (exact) mass is 413 g/mol. The van der Waals surface area contributed by atoms with Gasteiger partial charge < -0.3 is 14.7 Å². The maximum Gasteiger partial charge on any atom is 0.225 e. The average molecular weight is 414 g/mol. The van der Waals surface area contributed by atoms with Crippen molar-refractivity contribution < 1.29 is 9.59 Å². The van der Waals surface area contributed by atoms with Crippen molar-refractivity contribution in [2.75, 3.05) is 44.2 Å². The number of hydrogen-bond donors (Lipinski definition) is 0. The molecule has 0 N–H and O–H groups in total. The number of benzene rings is 1. The number of aromatic nitrogens is 2. The number of rotatable bonds is 4. The third-order valence-electron chi connectivity index (χ3n) is 5.81. The van der Waals surface area contributed by atoms with Gasteiger partial charge in [0.2, 0.25) is 16.9 Å². The maximum absolute atomic E-state index is 12.9. The lowest BCUT2D eigenvalue weighted by Crippen LogP contribution is -2.52. The van der Waals surface area contributed by atoms with Gasteiger partial charge in [-0.3, -0.25) is 9.59 Å². The SMILES string of the molecule is CC(=O)N1CCN(C(=O)C2CCN(c3nc(Cc4ccccc4)ns3)CC2)CC1. The van der Waals surface area contributed by atoms with Crippen LogP contribution >= 0.6 is 11.5 Å². The highest BCUT2D eigenvalue weighted by Gasteiger charge is 2.31.